The molecule has 10 rings (SSSR count). The van der Waals surface area contributed by atoms with E-state index in [0.717, 1.165) is 27.3 Å². The summed E-state index contributed by atoms with van der Waals surface area (Å²) in [6.45, 7) is 0. The number of furan rings is 1. The van der Waals surface area contributed by atoms with Gasteiger partial charge < -0.3 is 4.42 Å². The second kappa shape index (κ2) is 10.2. The smallest absolute Gasteiger partial charge is 0.143 e. The molecule has 0 aliphatic rings. The first-order valence-electron chi connectivity index (χ1n) is 16.2. The lowest BCUT2D eigenvalue weighted by molar-refractivity contribution is 0.673. The van der Waals surface area contributed by atoms with Gasteiger partial charge in [-0.3, -0.25) is 0 Å². The van der Waals surface area contributed by atoms with E-state index < -0.39 is 0 Å². The van der Waals surface area contributed by atoms with E-state index in [-0.39, 0.29) is 0 Å². The summed E-state index contributed by atoms with van der Waals surface area (Å²) in [5, 5.41) is 12.1. The van der Waals surface area contributed by atoms with Crippen molar-refractivity contribution in [3.8, 4) is 33.4 Å². The summed E-state index contributed by atoms with van der Waals surface area (Å²) in [6.07, 6.45) is 0. The molecule has 0 aliphatic carbocycles. The molecule has 0 atom stereocenters. The molecule has 0 aliphatic heterocycles. The summed E-state index contributed by atoms with van der Waals surface area (Å²) in [6, 6.07) is 61.5. The molecule has 10 aromatic rings. The minimum Gasteiger partial charge on any atom is -0.455 e. The highest BCUT2D eigenvalue weighted by Crippen LogP contribution is 2.49. The Bertz CT molecular complexity index is 2780. The van der Waals surface area contributed by atoms with Crippen molar-refractivity contribution in [1.82, 2.24) is 0 Å². The average Bonchev–Trinajstić information content (AvgIpc) is 3.54. The molecule has 218 valence electrons. The third kappa shape index (κ3) is 3.90. The monoisotopic (exact) mass is 596 g/mol. The Morgan fingerprint density at radius 3 is 1.60 bits per heavy atom. The number of hydrogen-bond donors (Lipinski definition) is 0. The van der Waals surface area contributed by atoms with E-state index in [1.165, 1.54) is 71.1 Å². The van der Waals surface area contributed by atoms with Crippen LogP contribution in [0, 0.1) is 0 Å². The number of fused-ring (bicyclic) bond motifs is 8. The van der Waals surface area contributed by atoms with Gasteiger partial charge in [0.15, 0.2) is 0 Å². The van der Waals surface area contributed by atoms with Crippen molar-refractivity contribution in [2.75, 3.05) is 0 Å². The zero-order valence-corrected chi connectivity index (χ0v) is 25.6. The van der Waals surface area contributed by atoms with Crippen LogP contribution < -0.4 is 0 Å². The van der Waals surface area contributed by atoms with Gasteiger partial charge in [0.2, 0.25) is 0 Å². The fourth-order valence-electron chi connectivity index (χ4n) is 7.79. The Morgan fingerprint density at radius 2 is 0.894 bits per heavy atom. The quantitative estimate of drug-likeness (QED) is 0.185. The van der Waals surface area contributed by atoms with Gasteiger partial charge in [-0.2, -0.15) is 0 Å². The molecular formula is C46H28O. The molecule has 0 unspecified atom stereocenters. The van der Waals surface area contributed by atoms with Gasteiger partial charge >= 0.3 is 0 Å². The standard InChI is InChI=1S/C46H28O/c1-2-13-29(14-3-1)32-27-31-16-5-6-17-33(31)41(28-32)44-37-21-10-8-19-35(37)43(36-20-9-11-22-38(36)44)39-23-12-24-42-45(39)40-26-25-30-15-4-7-18-34(30)46(40)47-42/h1-28H. The maximum Gasteiger partial charge on any atom is 0.143 e. The van der Waals surface area contributed by atoms with Crippen molar-refractivity contribution in [2.45, 2.75) is 0 Å². The Kier molecular flexibility index (Phi) is 5.64. The maximum atomic E-state index is 6.65. The minimum atomic E-state index is 0.910. The van der Waals surface area contributed by atoms with Crippen LogP contribution in [0.25, 0.3) is 98.4 Å². The first kappa shape index (κ1) is 26.1. The zero-order valence-electron chi connectivity index (χ0n) is 25.6. The highest BCUT2D eigenvalue weighted by Gasteiger charge is 2.22. The van der Waals surface area contributed by atoms with Crippen LogP contribution in [0.1, 0.15) is 0 Å². The molecule has 0 fully saturated rings. The normalized spacial score (nSPS) is 11.8. The largest absolute Gasteiger partial charge is 0.455 e. The summed E-state index contributed by atoms with van der Waals surface area (Å²) in [5.74, 6) is 0. The molecule has 1 nitrogen and oxygen atoms in total. The molecule has 0 bridgehead atoms. The Morgan fingerprint density at radius 1 is 0.319 bits per heavy atom. The second-order valence-corrected chi connectivity index (χ2v) is 12.4. The second-order valence-electron chi connectivity index (χ2n) is 12.4. The summed E-state index contributed by atoms with van der Waals surface area (Å²) in [7, 11) is 0. The lowest BCUT2D eigenvalue weighted by Gasteiger charge is -2.20. The van der Waals surface area contributed by atoms with E-state index in [1.54, 1.807) is 0 Å². The van der Waals surface area contributed by atoms with Crippen LogP contribution in [0.2, 0.25) is 0 Å². The van der Waals surface area contributed by atoms with E-state index >= 15 is 0 Å². The minimum absolute atomic E-state index is 0.910. The fourth-order valence-corrected chi connectivity index (χ4v) is 7.79. The summed E-state index contributed by atoms with van der Waals surface area (Å²) in [4.78, 5) is 0. The topological polar surface area (TPSA) is 13.1 Å². The van der Waals surface area contributed by atoms with Crippen molar-refractivity contribution in [3.63, 3.8) is 0 Å². The summed E-state index contributed by atoms with van der Waals surface area (Å²) < 4.78 is 6.65. The van der Waals surface area contributed by atoms with Crippen molar-refractivity contribution in [2.24, 2.45) is 0 Å². The predicted octanol–water partition coefficient (Wildman–Crippen LogP) is 13.2. The van der Waals surface area contributed by atoms with E-state index in [2.05, 4.69) is 170 Å². The van der Waals surface area contributed by atoms with Gasteiger partial charge in [-0.15, -0.1) is 0 Å². The predicted molar refractivity (Wildman–Crippen MR) is 200 cm³/mol. The molecule has 0 amide bonds. The zero-order chi connectivity index (χ0) is 30.9. The van der Waals surface area contributed by atoms with Gasteiger partial charge in [0, 0.05) is 16.2 Å². The van der Waals surface area contributed by atoms with Crippen LogP contribution in [-0.4, -0.2) is 0 Å². The van der Waals surface area contributed by atoms with Crippen molar-refractivity contribution in [3.05, 3.63) is 170 Å². The SMILES string of the molecule is c1ccc(-c2cc(-c3c4ccccc4c(-c4cccc5oc6c7ccccc7ccc6c45)c4ccccc34)c3ccccc3c2)cc1. The summed E-state index contributed by atoms with van der Waals surface area (Å²) in [5.41, 5.74) is 9.24. The van der Waals surface area contributed by atoms with Crippen LogP contribution in [0.5, 0.6) is 0 Å². The molecule has 0 radical (unpaired) electrons. The van der Waals surface area contributed by atoms with Gasteiger partial charge in [0.05, 0.1) is 0 Å². The van der Waals surface area contributed by atoms with Gasteiger partial charge in [-0.1, -0.05) is 146 Å². The third-order valence-electron chi connectivity index (χ3n) is 9.83. The van der Waals surface area contributed by atoms with E-state index in [4.69, 9.17) is 4.42 Å². The van der Waals surface area contributed by atoms with Crippen LogP contribution in [0.15, 0.2) is 174 Å². The molecule has 1 heteroatoms. The molecule has 47 heavy (non-hydrogen) atoms. The number of rotatable bonds is 3. The van der Waals surface area contributed by atoms with Gasteiger partial charge in [0.1, 0.15) is 11.2 Å². The fraction of sp³-hybridized carbons (Fsp3) is 0. The van der Waals surface area contributed by atoms with Gasteiger partial charge in [-0.25, -0.2) is 0 Å². The molecule has 1 heterocycles. The van der Waals surface area contributed by atoms with Crippen molar-refractivity contribution in [1.29, 1.82) is 0 Å². The lowest BCUT2D eigenvalue weighted by Crippen LogP contribution is -1.93. The first-order valence-corrected chi connectivity index (χ1v) is 16.2. The number of hydrogen-bond acceptors (Lipinski definition) is 1. The van der Waals surface area contributed by atoms with E-state index in [0.29, 0.717) is 0 Å². The van der Waals surface area contributed by atoms with Crippen LogP contribution >= 0.6 is 0 Å². The van der Waals surface area contributed by atoms with Crippen LogP contribution in [-0.2, 0) is 0 Å². The molecule has 9 aromatic carbocycles. The van der Waals surface area contributed by atoms with Gasteiger partial charge in [0.25, 0.3) is 0 Å². The summed E-state index contributed by atoms with van der Waals surface area (Å²) >= 11 is 0. The molecular weight excluding hydrogens is 569 g/mol. The highest BCUT2D eigenvalue weighted by molar-refractivity contribution is 6.28. The van der Waals surface area contributed by atoms with E-state index in [9.17, 15) is 0 Å². The Hall–Kier alpha value is -6.18. The van der Waals surface area contributed by atoms with Crippen LogP contribution in [0.3, 0.4) is 0 Å². The maximum absolute atomic E-state index is 6.65. The molecule has 1 aromatic heterocycles. The average molecular weight is 597 g/mol. The number of benzene rings is 9. The molecule has 0 saturated heterocycles. The van der Waals surface area contributed by atoms with E-state index in [1.807, 2.05) is 0 Å². The Labute approximate surface area is 271 Å². The molecule has 0 spiro atoms. The molecule has 0 N–H and O–H groups in total. The Balaban J connectivity index is 1.35. The van der Waals surface area contributed by atoms with Gasteiger partial charge in [-0.05, 0) is 95.3 Å². The third-order valence-corrected chi connectivity index (χ3v) is 9.83. The van der Waals surface area contributed by atoms with Crippen molar-refractivity contribution >= 4 is 65.0 Å². The van der Waals surface area contributed by atoms with Crippen LogP contribution in [0.4, 0.5) is 0 Å². The lowest BCUT2D eigenvalue weighted by atomic mass is 9.83. The molecule has 0 saturated carbocycles. The first-order chi connectivity index (χ1) is 23.3. The van der Waals surface area contributed by atoms with Crippen molar-refractivity contribution < 1.29 is 4.42 Å². The highest BCUT2D eigenvalue weighted by atomic mass is 16.3.